The van der Waals surface area contributed by atoms with Crippen LogP contribution in [0.1, 0.15) is 44.1 Å². The lowest BCUT2D eigenvalue weighted by Crippen LogP contribution is -2.37. The van der Waals surface area contributed by atoms with Crippen molar-refractivity contribution in [1.29, 1.82) is 0 Å². The number of hydrogen-bond acceptors (Lipinski definition) is 1. The minimum Gasteiger partial charge on any atom is -0.319 e. The quantitative estimate of drug-likeness (QED) is 0.811. The van der Waals surface area contributed by atoms with E-state index in [1.165, 1.54) is 57.1 Å². The molecular formula is C18H27N. The Labute approximate surface area is 117 Å². The molecule has 19 heavy (non-hydrogen) atoms. The van der Waals surface area contributed by atoms with Gasteiger partial charge in [0.2, 0.25) is 0 Å². The normalized spacial score (nSPS) is 32.9. The van der Waals surface area contributed by atoms with E-state index in [1.807, 2.05) is 0 Å². The van der Waals surface area contributed by atoms with Crippen LogP contribution in [0.15, 0.2) is 30.3 Å². The van der Waals surface area contributed by atoms with E-state index < -0.39 is 0 Å². The summed E-state index contributed by atoms with van der Waals surface area (Å²) in [6, 6.07) is 11.0. The Bertz CT molecular complexity index is 399. The van der Waals surface area contributed by atoms with Crippen molar-refractivity contribution in [3.8, 4) is 0 Å². The summed E-state index contributed by atoms with van der Waals surface area (Å²) in [7, 11) is 2.13. The molecule has 2 bridgehead atoms. The summed E-state index contributed by atoms with van der Waals surface area (Å²) in [5.74, 6) is 2.07. The van der Waals surface area contributed by atoms with E-state index in [1.54, 1.807) is 0 Å². The molecule has 2 saturated carbocycles. The Morgan fingerprint density at radius 3 is 2.68 bits per heavy atom. The lowest BCUT2D eigenvalue weighted by atomic mass is 9.69. The summed E-state index contributed by atoms with van der Waals surface area (Å²) in [5, 5.41) is 3.48. The van der Waals surface area contributed by atoms with Gasteiger partial charge < -0.3 is 5.32 Å². The molecule has 0 radical (unpaired) electrons. The third-order valence-corrected chi connectivity index (χ3v) is 5.61. The van der Waals surface area contributed by atoms with Gasteiger partial charge in [0.15, 0.2) is 0 Å². The van der Waals surface area contributed by atoms with Crippen LogP contribution in [0.3, 0.4) is 0 Å². The van der Waals surface area contributed by atoms with Gasteiger partial charge in [-0.3, -0.25) is 0 Å². The first-order valence-electron chi connectivity index (χ1n) is 8.01. The molecular weight excluding hydrogens is 230 g/mol. The Hall–Kier alpha value is -0.820. The van der Waals surface area contributed by atoms with Crippen LogP contribution in [0, 0.1) is 17.3 Å². The van der Waals surface area contributed by atoms with Gasteiger partial charge in [0.25, 0.3) is 0 Å². The number of benzene rings is 1. The molecule has 1 aromatic rings. The highest BCUT2D eigenvalue weighted by atomic mass is 14.8. The van der Waals surface area contributed by atoms with Crippen LogP contribution in [0.5, 0.6) is 0 Å². The fourth-order valence-electron chi connectivity index (χ4n) is 4.81. The first-order valence-corrected chi connectivity index (χ1v) is 8.01. The molecule has 1 heteroatoms. The van der Waals surface area contributed by atoms with Crippen LogP contribution in [-0.4, -0.2) is 13.6 Å². The topological polar surface area (TPSA) is 12.0 Å². The minimum atomic E-state index is 0.631. The summed E-state index contributed by atoms with van der Waals surface area (Å²) >= 11 is 0. The molecule has 1 nitrogen and oxygen atoms in total. The van der Waals surface area contributed by atoms with Crippen LogP contribution < -0.4 is 5.32 Å². The van der Waals surface area contributed by atoms with Crippen molar-refractivity contribution >= 4 is 0 Å². The van der Waals surface area contributed by atoms with Crippen molar-refractivity contribution in [2.24, 2.45) is 17.3 Å². The van der Waals surface area contributed by atoms with Crippen molar-refractivity contribution in [3.05, 3.63) is 35.9 Å². The first-order chi connectivity index (χ1) is 9.32. The van der Waals surface area contributed by atoms with Gasteiger partial charge in [-0.1, -0.05) is 36.8 Å². The summed E-state index contributed by atoms with van der Waals surface area (Å²) in [4.78, 5) is 0. The number of hydrogen-bond donors (Lipinski definition) is 1. The van der Waals surface area contributed by atoms with Gasteiger partial charge in [-0.05, 0) is 68.4 Å². The summed E-state index contributed by atoms with van der Waals surface area (Å²) < 4.78 is 0. The highest BCUT2D eigenvalue weighted by Crippen LogP contribution is 2.57. The highest BCUT2D eigenvalue weighted by molar-refractivity contribution is 5.14. The van der Waals surface area contributed by atoms with E-state index in [2.05, 4.69) is 42.7 Å². The Morgan fingerprint density at radius 2 is 2.05 bits per heavy atom. The van der Waals surface area contributed by atoms with Crippen LogP contribution >= 0.6 is 0 Å². The summed E-state index contributed by atoms with van der Waals surface area (Å²) in [5.41, 5.74) is 2.14. The lowest BCUT2D eigenvalue weighted by molar-refractivity contribution is 0.143. The van der Waals surface area contributed by atoms with Crippen LogP contribution in [0.2, 0.25) is 0 Å². The largest absolute Gasteiger partial charge is 0.319 e. The molecule has 0 spiro atoms. The van der Waals surface area contributed by atoms with E-state index in [-0.39, 0.29) is 0 Å². The number of rotatable bonds is 6. The van der Waals surface area contributed by atoms with Crippen molar-refractivity contribution in [2.75, 3.05) is 13.6 Å². The van der Waals surface area contributed by atoms with Crippen LogP contribution in [0.4, 0.5) is 0 Å². The zero-order valence-electron chi connectivity index (χ0n) is 12.2. The van der Waals surface area contributed by atoms with Crippen molar-refractivity contribution in [3.63, 3.8) is 0 Å². The second kappa shape index (κ2) is 5.66. The number of aryl methyl sites for hydroxylation is 1. The number of fused-ring (bicyclic) bond motifs is 2. The molecule has 3 unspecified atom stereocenters. The fraction of sp³-hybridized carbons (Fsp3) is 0.667. The summed E-state index contributed by atoms with van der Waals surface area (Å²) in [6.45, 7) is 1.24. The summed E-state index contributed by atoms with van der Waals surface area (Å²) in [6.07, 6.45) is 10.1. The SMILES string of the molecule is CNCC1(CCCc2ccccc2)CC2CCC1C2. The maximum absolute atomic E-state index is 3.48. The third-order valence-electron chi connectivity index (χ3n) is 5.61. The smallest absolute Gasteiger partial charge is 0.000757 e. The predicted octanol–water partition coefficient (Wildman–Crippen LogP) is 4.04. The van der Waals surface area contributed by atoms with E-state index >= 15 is 0 Å². The number of nitrogens with one attached hydrogen (secondary N) is 1. The molecule has 104 valence electrons. The van der Waals surface area contributed by atoms with Gasteiger partial charge in [-0.15, -0.1) is 0 Å². The van der Waals surface area contributed by atoms with Gasteiger partial charge in [-0.2, -0.15) is 0 Å². The monoisotopic (exact) mass is 257 g/mol. The second-order valence-electron chi connectivity index (χ2n) is 6.81. The zero-order chi connectivity index (χ0) is 13.1. The first kappa shape index (κ1) is 13.2. The van der Waals surface area contributed by atoms with Crippen LogP contribution in [0.25, 0.3) is 0 Å². The van der Waals surface area contributed by atoms with E-state index in [9.17, 15) is 0 Å². The maximum Gasteiger partial charge on any atom is 0.000757 e. The molecule has 2 fully saturated rings. The van der Waals surface area contributed by atoms with Gasteiger partial charge in [0.05, 0.1) is 0 Å². The average molecular weight is 257 g/mol. The van der Waals surface area contributed by atoms with Crippen molar-refractivity contribution < 1.29 is 0 Å². The van der Waals surface area contributed by atoms with Gasteiger partial charge in [-0.25, -0.2) is 0 Å². The lowest BCUT2D eigenvalue weighted by Gasteiger charge is -2.38. The molecule has 1 N–H and O–H groups in total. The maximum atomic E-state index is 3.48. The highest BCUT2D eigenvalue weighted by Gasteiger charge is 2.49. The van der Waals surface area contributed by atoms with Gasteiger partial charge >= 0.3 is 0 Å². The van der Waals surface area contributed by atoms with Crippen molar-refractivity contribution in [1.82, 2.24) is 5.32 Å². The Kier molecular flexibility index (Phi) is 3.93. The molecule has 3 rings (SSSR count). The van der Waals surface area contributed by atoms with E-state index in [4.69, 9.17) is 0 Å². The fourth-order valence-corrected chi connectivity index (χ4v) is 4.81. The molecule has 2 aliphatic rings. The van der Waals surface area contributed by atoms with E-state index in [0.717, 1.165) is 11.8 Å². The molecule has 3 atom stereocenters. The van der Waals surface area contributed by atoms with Gasteiger partial charge in [0.1, 0.15) is 0 Å². The van der Waals surface area contributed by atoms with E-state index in [0.29, 0.717) is 5.41 Å². The molecule has 0 amide bonds. The average Bonchev–Trinajstić information content (AvgIpc) is 3.01. The minimum absolute atomic E-state index is 0.631. The molecule has 0 aromatic heterocycles. The van der Waals surface area contributed by atoms with Gasteiger partial charge in [0, 0.05) is 6.54 Å². The van der Waals surface area contributed by atoms with Crippen LogP contribution in [-0.2, 0) is 6.42 Å². The Balaban J connectivity index is 1.57. The Morgan fingerprint density at radius 1 is 1.21 bits per heavy atom. The molecule has 0 heterocycles. The predicted molar refractivity (Wildman–Crippen MR) is 81.2 cm³/mol. The molecule has 0 saturated heterocycles. The molecule has 1 aromatic carbocycles. The second-order valence-corrected chi connectivity index (χ2v) is 6.81. The zero-order valence-corrected chi connectivity index (χ0v) is 12.2. The third kappa shape index (κ3) is 2.72. The standard InChI is InChI=1S/C18H27N/c1-19-14-18(13-16-9-10-17(18)12-16)11-5-8-15-6-3-2-4-7-15/h2-4,6-7,16-17,19H,5,8-14H2,1H3. The molecule has 2 aliphatic carbocycles. The van der Waals surface area contributed by atoms with Crippen molar-refractivity contribution in [2.45, 2.75) is 44.9 Å². The molecule has 0 aliphatic heterocycles.